The molecule has 1 aliphatic rings. The van der Waals surface area contributed by atoms with Crippen LogP contribution in [0.15, 0.2) is 82.1 Å². The van der Waals surface area contributed by atoms with Gasteiger partial charge in [-0.05, 0) is 47.4 Å². The number of carbonyl (C=O) groups excluding carboxylic acids is 2. The minimum Gasteiger partial charge on any atom is -0.494 e. The fourth-order valence-corrected chi connectivity index (χ4v) is 4.41. The van der Waals surface area contributed by atoms with Crippen LogP contribution in [0.3, 0.4) is 0 Å². The Bertz CT molecular complexity index is 1460. The van der Waals surface area contributed by atoms with E-state index in [1.807, 2.05) is 29.7 Å². The first kappa shape index (κ1) is 20.8. The van der Waals surface area contributed by atoms with Crippen molar-refractivity contribution in [2.75, 3.05) is 6.54 Å². The second kappa shape index (κ2) is 8.80. The van der Waals surface area contributed by atoms with Crippen molar-refractivity contribution < 1.29 is 14.7 Å². The van der Waals surface area contributed by atoms with Crippen molar-refractivity contribution in [1.82, 2.24) is 4.98 Å². The van der Waals surface area contributed by atoms with E-state index in [4.69, 9.17) is 0 Å². The number of hydrogen-bond acceptors (Lipinski definition) is 6. The number of hydrogen-bond donors (Lipinski definition) is 2. The third kappa shape index (κ3) is 4.31. The molecule has 2 aromatic carbocycles. The lowest BCUT2D eigenvalue weighted by Gasteiger charge is -2.05. The molecule has 2 N–H and O–H groups in total. The second-order valence-corrected chi connectivity index (χ2v) is 8.56. The van der Waals surface area contributed by atoms with E-state index in [1.54, 1.807) is 48.7 Å². The molecule has 2 aromatic heterocycles. The van der Waals surface area contributed by atoms with Crippen molar-refractivity contribution in [3.05, 3.63) is 99.3 Å². The summed E-state index contributed by atoms with van der Waals surface area (Å²) in [7, 11) is 0. The van der Waals surface area contributed by atoms with E-state index < -0.39 is 0 Å². The first-order chi connectivity index (χ1) is 16.1. The number of benzene rings is 2. The third-order valence-electron chi connectivity index (χ3n) is 5.38. The number of Topliss-reactive ketones (excluding diaryl/α,β-unsaturated/α-hetero) is 1. The smallest absolute Gasteiger partial charge is 0.198 e. The van der Waals surface area contributed by atoms with Crippen molar-refractivity contribution in [2.45, 2.75) is 6.42 Å². The number of ketones is 2. The Morgan fingerprint density at radius 2 is 2.00 bits per heavy atom. The fourth-order valence-electron chi connectivity index (χ4n) is 3.74. The Balaban J connectivity index is 1.43. The highest BCUT2D eigenvalue weighted by Gasteiger charge is 2.16. The minimum atomic E-state index is -0.158. The van der Waals surface area contributed by atoms with Crippen molar-refractivity contribution in [3.63, 3.8) is 0 Å². The molecule has 7 heteroatoms. The maximum absolute atomic E-state index is 13.2. The molecule has 0 atom stereocenters. The molecule has 0 spiro atoms. The SMILES string of the molecule is O=C(c1cccc(CC(=O)c2cccs2)c1)c1ccc2[nH]c(O)c(C=NC3=NCC=C3)c2c1. The van der Waals surface area contributed by atoms with Gasteiger partial charge >= 0.3 is 0 Å². The number of nitrogens with zero attached hydrogens (tertiary/aromatic N) is 2. The number of aromatic hydroxyl groups is 1. The molecule has 0 saturated carbocycles. The summed E-state index contributed by atoms with van der Waals surface area (Å²) in [5.41, 5.74) is 2.97. The van der Waals surface area contributed by atoms with E-state index >= 15 is 0 Å². The lowest BCUT2D eigenvalue weighted by atomic mass is 9.98. The zero-order valence-electron chi connectivity index (χ0n) is 17.5. The molecule has 0 bridgehead atoms. The topological polar surface area (TPSA) is 94.9 Å². The lowest BCUT2D eigenvalue weighted by molar-refractivity contribution is 0.0993. The number of H-pyrrole nitrogens is 1. The summed E-state index contributed by atoms with van der Waals surface area (Å²) in [6, 6.07) is 16.0. The standard InChI is InChI=1S/C26H19N3O3S/c30-22(23-6-3-11-33-23)13-16-4-1-5-17(12-16)25(31)18-8-9-21-19(14-18)20(26(32)29-21)15-28-24-7-2-10-27-24/h1-9,11-12,14-15,29,32H,10,13H2. The summed E-state index contributed by atoms with van der Waals surface area (Å²) in [4.78, 5) is 37.8. The highest BCUT2D eigenvalue weighted by molar-refractivity contribution is 7.12. The number of carbonyl (C=O) groups is 2. The molecule has 3 heterocycles. The van der Waals surface area contributed by atoms with Gasteiger partial charge in [-0.15, -0.1) is 11.3 Å². The molecule has 33 heavy (non-hydrogen) atoms. The van der Waals surface area contributed by atoms with Gasteiger partial charge in [0.25, 0.3) is 0 Å². The first-order valence-corrected chi connectivity index (χ1v) is 11.3. The average Bonchev–Trinajstić information content (AvgIpc) is 3.58. The van der Waals surface area contributed by atoms with Gasteiger partial charge in [0.05, 0.1) is 17.0 Å². The van der Waals surface area contributed by atoms with Crippen molar-refractivity contribution >= 4 is 45.9 Å². The number of thiophene rings is 1. The molecule has 162 valence electrons. The quantitative estimate of drug-likeness (QED) is 0.318. The molecular formula is C26H19N3O3S. The maximum atomic E-state index is 13.2. The van der Waals surface area contributed by atoms with Gasteiger partial charge in [0.15, 0.2) is 17.4 Å². The van der Waals surface area contributed by atoms with Crippen LogP contribution in [-0.2, 0) is 6.42 Å². The third-order valence-corrected chi connectivity index (χ3v) is 6.29. The van der Waals surface area contributed by atoms with Gasteiger partial charge in [0.1, 0.15) is 5.84 Å². The molecule has 1 aliphatic heterocycles. The van der Waals surface area contributed by atoms with Crippen LogP contribution in [0.25, 0.3) is 10.9 Å². The Hall–Kier alpha value is -4.10. The highest BCUT2D eigenvalue weighted by Crippen LogP contribution is 2.28. The summed E-state index contributed by atoms with van der Waals surface area (Å²) in [6.07, 6.45) is 5.51. The number of aliphatic imine (C=N–C) groups is 2. The molecule has 0 aliphatic carbocycles. The van der Waals surface area contributed by atoms with E-state index in [0.29, 0.717) is 44.9 Å². The number of nitrogens with one attached hydrogen (secondary N) is 1. The number of aromatic amines is 1. The van der Waals surface area contributed by atoms with Gasteiger partial charge in [0, 0.05) is 34.7 Å². The average molecular weight is 454 g/mol. The Labute approximate surface area is 193 Å². The summed E-state index contributed by atoms with van der Waals surface area (Å²) < 4.78 is 0. The summed E-state index contributed by atoms with van der Waals surface area (Å²) in [5, 5.41) is 12.9. The summed E-state index contributed by atoms with van der Waals surface area (Å²) in [5.74, 6) is 0.443. The molecule has 0 amide bonds. The first-order valence-electron chi connectivity index (χ1n) is 10.4. The van der Waals surface area contributed by atoms with Gasteiger partial charge in [-0.3, -0.25) is 14.6 Å². The van der Waals surface area contributed by atoms with E-state index in [-0.39, 0.29) is 23.9 Å². The summed E-state index contributed by atoms with van der Waals surface area (Å²) >= 11 is 1.41. The van der Waals surface area contributed by atoms with Crippen LogP contribution >= 0.6 is 11.3 Å². The second-order valence-electron chi connectivity index (χ2n) is 7.61. The number of aromatic nitrogens is 1. The molecule has 0 radical (unpaired) electrons. The molecule has 0 saturated heterocycles. The van der Waals surface area contributed by atoms with Crippen molar-refractivity contribution in [1.29, 1.82) is 0 Å². The van der Waals surface area contributed by atoms with Crippen LogP contribution in [0.1, 0.15) is 36.7 Å². The predicted molar refractivity (Wildman–Crippen MR) is 131 cm³/mol. The van der Waals surface area contributed by atoms with E-state index in [2.05, 4.69) is 15.0 Å². The van der Waals surface area contributed by atoms with Gasteiger partial charge < -0.3 is 10.1 Å². The van der Waals surface area contributed by atoms with Gasteiger partial charge in [-0.25, -0.2) is 4.99 Å². The summed E-state index contributed by atoms with van der Waals surface area (Å²) in [6.45, 7) is 0.600. The largest absolute Gasteiger partial charge is 0.494 e. The predicted octanol–water partition coefficient (Wildman–Crippen LogP) is 4.98. The maximum Gasteiger partial charge on any atom is 0.198 e. The number of amidine groups is 1. The van der Waals surface area contributed by atoms with Crippen molar-refractivity contribution in [2.24, 2.45) is 9.98 Å². The van der Waals surface area contributed by atoms with Crippen LogP contribution in [-0.4, -0.2) is 40.3 Å². The van der Waals surface area contributed by atoms with E-state index in [1.165, 1.54) is 11.3 Å². The van der Waals surface area contributed by atoms with Gasteiger partial charge in [0.2, 0.25) is 0 Å². The van der Waals surface area contributed by atoms with Gasteiger partial charge in [-0.2, -0.15) is 0 Å². The van der Waals surface area contributed by atoms with Crippen molar-refractivity contribution in [3.8, 4) is 5.88 Å². The highest BCUT2D eigenvalue weighted by atomic mass is 32.1. The molecule has 4 aromatic rings. The Morgan fingerprint density at radius 3 is 2.79 bits per heavy atom. The minimum absolute atomic E-state index is 0.0185. The Kier molecular flexibility index (Phi) is 5.54. The molecule has 0 fully saturated rings. The molecule has 6 nitrogen and oxygen atoms in total. The van der Waals surface area contributed by atoms with Crippen LogP contribution in [0.5, 0.6) is 5.88 Å². The normalized spacial score (nSPS) is 13.2. The zero-order chi connectivity index (χ0) is 22.8. The molecular weight excluding hydrogens is 434 g/mol. The fraction of sp³-hybridized carbons (Fsp3) is 0.0769. The Morgan fingerprint density at radius 1 is 1.12 bits per heavy atom. The van der Waals surface area contributed by atoms with Crippen LogP contribution in [0.4, 0.5) is 0 Å². The molecule has 0 unspecified atom stereocenters. The van der Waals surface area contributed by atoms with Crippen LogP contribution in [0.2, 0.25) is 0 Å². The zero-order valence-corrected chi connectivity index (χ0v) is 18.3. The molecule has 5 rings (SSSR count). The van der Waals surface area contributed by atoms with Crippen LogP contribution < -0.4 is 0 Å². The monoisotopic (exact) mass is 453 g/mol. The van der Waals surface area contributed by atoms with E-state index in [0.717, 1.165) is 5.56 Å². The van der Waals surface area contributed by atoms with Crippen LogP contribution in [0, 0.1) is 0 Å². The number of rotatable bonds is 6. The van der Waals surface area contributed by atoms with Gasteiger partial charge in [-0.1, -0.05) is 30.3 Å². The number of fused-ring (bicyclic) bond motifs is 1. The van der Waals surface area contributed by atoms with E-state index in [9.17, 15) is 14.7 Å². The lowest BCUT2D eigenvalue weighted by Crippen LogP contribution is -2.05.